The number of carbonyl (C=O) groups excluding carboxylic acids is 1. The van der Waals surface area contributed by atoms with E-state index in [1.807, 2.05) is 6.08 Å². The normalized spacial score (nSPS) is 22.2. The lowest BCUT2D eigenvalue weighted by molar-refractivity contribution is -0.359. The van der Waals surface area contributed by atoms with Gasteiger partial charge in [0.15, 0.2) is 12.6 Å². The predicted octanol–water partition coefficient (Wildman–Crippen LogP) is 20.1. The summed E-state index contributed by atoms with van der Waals surface area (Å²) < 4.78 is 22.9. The molecule has 104 heavy (non-hydrogen) atoms. The molecule has 598 valence electrons. The SMILES string of the molecule is CC/C=C\C/C=C\C/C=C\C/C=C\C/C=C\C/C=C\C/C=C\C/C=C\C/C=C\CCCCCCCCCCCCCCCC(=O)NC(COC1OC(CO)C(OC2OC(CO)C(O)C(O)C2O)C(O)C1O)C(O)/C=C/CC/C=C/CCCCCCCCCCCCCCCCCCCCCCCCC. The zero-order valence-electron chi connectivity index (χ0n) is 65.7. The van der Waals surface area contributed by atoms with Crippen LogP contribution in [0.25, 0.3) is 0 Å². The van der Waals surface area contributed by atoms with Crippen molar-refractivity contribution in [3.8, 4) is 0 Å². The summed E-state index contributed by atoms with van der Waals surface area (Å²) in [6.45, 7) is 2.70. The molecule has 0 aromatic carbocycles. The maximum absolute atomic E-state index is 13.4. The molecule has 0 aromatic rings. The molecule has 0 aliphatic carbocycles. The van der Waals surface area contributed by atoms with E-state index in [9.17, 15) is 45.6 Å². The van der Waals surface area contributed by atoms with Gasteiger partial charge in [0.1, 0.15) is 48.8 Å². The fourth-order valence-electron chi connectivity index (χ4n) is 13.2. The largest absolute Gasteiger partial charge is 0.394 e. The first-order chi connectivity index (χ1) is 51.1. The van der Waals surface area contributed by atoms with Crippen molar-refractivity contribution < 1.29 is 64.6 Å². The molecular formula is C90H155NO13. The fraction of sp³-hybridized carbons (Fsp3) is 0.744. The Bertz CT molecular complexity index is 2270. The Balaban J connectivity index is 1.61. The van der Waals surface area contributed by atoms with Gasteiger partial charge >= 0.3 is 0 Å². The lowest BCUT2D eigenvalue weighted by Crippen LogP contribution is -2.65. The van der Waals surface area contributed by atoms with Gasteiger partial charge in [0, 0.05) is 6.42 Å². The molecule has 0 spiro atoms. The second-order valence-electron chi connectivity index (χ2n) is 29.2. The van der Waals surface area contributed by atoms with Crippen LogP contribution in [0.15, 0.2) is 134 Å². The van der Waals surface area contributed by atoms with Gasteiger partial charge in [0.05, 0.1) is 32.0 Å². The van der Waals surface area contributed by atoms with Crippen LogP contribution in [0.3, 0.4) is 0 Å². The minimum absolute atomic E-state index is 0.251. The fourth-order valence-corrected chi connectivity index (χ4v) is 13.2. The Hall–Kier alpha value is -3.87. The maximum atomic E-state index is 13.4. The van der Waals surface area contributed by atoms with Crippen LogP contribution in [0.2, 0.25) is 0 Å². The standard InChI is InChI=1S/C90H155NO13/c1-3-5-7-9-11-13-15-17-19-21-23-25-27-29-31-33-34-35-36-37-38-39-40-41-42-43-44-46-48-50-52-54-56-58-60-62-64-66-68-70-72-74-82(95)91-78(77-101-89-87(100)85(98)88(81(76-93)103-89)104-90-86(99)84(97)83(96)80(75-92)102-90)79(94)73-71-69-67-65-63-61-59-57-55-53-51-49-47-45-32-30-28-26-24-22-20-18-16-14-12-10-8-6-4-2/h5,7,11,13,17,19,23,25,29,31,34-35,37-38,40-41,43-44,63,65,71,73,78-81,83-90,92-94,96-100H,3-4,6,8-10,12,14-16,18,20-22,24,26-28,30,32-33,36,39,42,45-62,64,66-70,72,74-77H2,1-2H3,(H,91,95)/b7-5-,13-11-,19-17-,25-23-,31-29-,35-34-,38-37-,41-40-,44-43-,65-63+,73-71+. The van der Waals surface area contributed by atoms with E-state index in [0.29, 0.717) is 12.8 Å². The summed E-state index contributed by atoms with van der Waals surface area (Å²) in [6.07, 6.45) is 91.1. The zero-order valence-corrected chi connectivity index (χ0v) is 65.7. The van der Waals surface area contributed by atoms with E-state index < -0.39 is 86.8 Å². The Morgan fingerprint density at radius 2 is 0.673 bits per heavy atom. The molecular weight excluding hydrogens is 1300 g/mol. The lowest BCUT2D eigenvalue weighted by atomic mass is 9.97. The molecule has 2 heterocycles. The molecule has 9 N–H and O–H groups in total. The van der Waals surface area contributed by atoms with Crippen molar-refractivity contribution >= 4 is 5.91 Å². The van der Waals surface area contributed by atoms with Crippen molar-refractivity contribution in [2.75, 3.05) is 19.8 Å². The van der Waals surface area contributed by atoms with Crippen molar-refractivity contribution in [2.24, 2.45) is 0 Å². The first-order valence-electron chi connectivity index (χ1n) is 42.4. The van der Waals surface area contributed by atoms with Crippen molar-refractivity contribution in [1.29, 1.82) is 0 Å². The van der Waals surface area contributed by atoms with Gasteiger partial charge < -0.3 is 65.1 Å². The van der Waals surface area contributed by atoms with Gasteiger partial charge in [-0.25, -0.2) is 0 Å². The molecule has 0 aromatic heterocycles. The summed E-state index contributed by atoms with van der Waals surface area (Å²) in [5, 5.41) is 87.7. The smallest absolute Gasteiger partial charge is 0.220 e. The third-order valence-electron chi connectivity index (χ3n) is 19.8. The second kappa shape index (κ2) is 72.0. The van der Waals surface area contributed by atoms with Gasteiger partial charge in [-0.1, -0.05) is 359 Å². The van der Waals surface area contributed by atoms with Gasteiger partial charge in [-0.2, -0.15) is 0 Å². The average Bonchev–Trinajstić information content (AvgIpc) is 0.789. The summed E-state index contributed by atoms with van der Waals surface area (Å²) in [7, 11) is 0. The lowest BCUT2D eigenvalue weighted by Gasteiger charge is -2.46. The first kappa shape index (κ1) is 96.2. The summed E-state index contributed by atoms with van der Waals surface area (Å²) >= 11 is 0. The molecule has 2 saturated heterocycles. The van der Waals surface area contributed by atoms with Gasteiger partial charge in [0.25, 0.3) is 0 Å². The predicted molar refractivity (Wildman–Crippen MR) is 433 cm³/mol. The molecule has 0 saturated carbocycles. The number of rotatable bonds is 70. The molecule has 2 aliphatic heterocycles. The number of allylic oxidation sites excluding steroid dienone is 21. The molecule has 2 aliphatic rings. The third kappa shape index (κ3) is 53.8. The van der Waals surface area contributed by atoms with Crippen LogP contribution in [-0.2, 0) is 23.7 Å². The third-order valence-corrected chi connectivity index (χ3v) is 19.8. The van der Waals surface area contributed by atoms with Crippen LogP contribution in [-0.4, -0.2) is 140 Å². The van der Waals surface area contributed by atoms with Crippen LogP contribution in [0.1, 0.15) is 335 Å². The number of hydrogen-bond acceptors (Lipinski definition) is 13. The van der Waals surface area contributed by atoms with Crippen molar-refractivity contribution in [1.82, 2.24) is 5.32 Å². The molecule has 12 atom stereocenters. The van der Waals surface area contributed by atoms with E-state index in [2.05, 4.69) is 141 Å². The summed E-state index contributed by atoms with van der Waals surface area (Å²) in [5.74, 6) is -0.251. The molecule has 1 amide bonds. The number of hydrogen-bond donors (Lipinski definition) is 9. The highest BCUT2D eigenvalue weighted by Gasteiger charge is 2.51. The second-order valence-corrected chi connectivity index (χ2v) is 29.2. The van der Waals surface area contributed by atoms with Gasteiger partial charge in [-0.3, -0.25) is 4.79 Å². The van der Waals surface area contributed by atoms with Crippen LogP contribution >= 0.6 is 0 Å². The van der Waals surface area contributed by atoms with Crippen LogP contribution < -0.4 is 5.32 Å². The highest BCUT2D eigenvalue weighted by Crippen LogP contribution is 2.30. The Morgan fingerprint density at radius 1 is 0.356 bits per heavy atom. The number of ether oxygens (including phenoxy) is 4. The van der Waals surface area contributed by atoms with Crippen molar-refractivity contribution in [2.45, 2.75) is 408 Å². The van der Waals surface area contributed by atoms with Crippen LogP contribution in [0.5, 0.6) is 0 Å². The first-order valence-corrected chi connectivity index (χ1v) is 42.4. The number of carbonyl (C=O) groups is 1. The molecule has 14 heteroatoms. The minimum atomic E-state index is -1.80. The molecule has 14 nitrogen and oxygen atoms in total. The molecule has 0 radical (unpaired) electrons. The summed E-state index contributed by atoms with van der Waals surface area (Å²) in [6, 6.07) is -0.942. The number of aliphatic hydroxyl groups is 8. The van der Waals surface area contributed by atoms with E-state index in [-0.39, 0.29) is 18.9 Å². The quantitative estimate of drug-likeness (QED) is 0.0204. The summed E-state index contributed by atoms with van der Waals surface area (Å²) in [4.78, 5) is 13.4. The number of aliphatic hydroxyl groups excluding tert-OH is 8. The number of unbranched alkanes of at least 4 members (excludes halogenated alkanes) is 37. The van der Waals surface area contributed by atoms with E-state index in [0.717, 1.165) is 96.3 Å². The monoisotopic (exact) mass is 1460 g/mol. The van der Waals surface area contributed by atoms with E-state index in [4.69, 9.17) is 18.9 Å². The van der Waals surface area contributed by atoms with Crippen molar-refractivity contribution in [3.63, 3.8) is 0 Å². The van der Waals surface area contributed by atoms with Gasteiger partial charge in [-0.05, 0) is 103 Å². The molecule has 2 rings (SSSR count). The molecule has 2 fully saturated rings. The Morgan fingerprint density at radius 3 is 1.06 bits per heavy atom. The minimum Gasteiger partial charge on any atom is -0.394 e. The van der Waals surface area contributed by atoms with E-state index in [1.54, 1.807) is 6.08 Å². The zero-order chi connectivity index (χ0) is 75.1. The average molecular weight is 1460 g/mol. The highest BCUT2D eigenvalue weighted by atomic mass is 16.7. The highest BCUT2D eigenvalue weighted by molar-refractivity contribution is 5.76. The van der Waals surface area contributed by atoms with Crippen LogP contribution in [0, 0.1) is 0 Å². The van der Waals surface area contributed by atoms with E-state index >= 15 is 0 Å². The Labute approximate surface area is 634 Å². The Kier molecular flexibility index (Phi) is 66.6. The molecule has 0 bridgehead atoms. The maximum Gasteiger partial charge on any atom is 0.220 e. The topological polar surface area (TPSA) is 228 Å². The van der Waals surface area contributed by atoms with Crippen molar-refractivity contribution in [3.05, 3.63) is 134 Å². The van der Waals surface area contributed by atoms with E-state index in [1.165, 1.54) is 205 Å². The van der Waals surface area contributed by atoms with Crippen LogP contribution in [0.4, 0.5) is 0 Å². The van der Waals surface area contributed by atoms with Gasteiger partial charge in [-0.15, -0.1) is 0 Å². The number of nitrogens with one attached hydrogen (secondary N) is 1. The van der Waals surface area contributed by atoms with Gasteiger partial charge in [0.2, 0.25) is 5.91 Å². The summed E-state index contributed by atoms with van der Waals surface area (Å²) in [5.41, 5.74) is 0. The number of amides is 1. The molecule has 12 unspecified atom stereocenters.